The van der Waals surface area contributed by atoms with Crippen molar-refractivity contribution in [2.75, 3.05) is 39.9 Å². The van der Waals surface area contributed by atoms with Crippen LogP contribution in [0, 0.1) is 12.8 Å². The van der Waals surface area contributed by atoms with Crippen LogP contribution in [0.3, 0.4) is 0 Å². The van der Waals surface area contributed by atoms with Gasteiger partial charge in [-0.2, -0.15) is 0 Å². The van der Waals surface area contributed by atoms with Crippen molar-refractivity contribution in [1.82, 2.24) is 19.4 Å². The van der Waals surface area contributed by atoms with Crippen molar-refractivity contribution < 1.29 is 9.47 Å². The number of imidazole rings is 1. The van der Waals surface area contributed by atoms with Crippen molar-refractivity contribution in [3.05, 3.63) is 64.8 Å². The third-order valence-corrected chi connectivity index (χ3v) is 8.70. The number of benzene rings is 2. The summed E-state index contributed by atoms with van der Waals surface area (Å²) < 4.78 is 15.2. The summed E-state index contributed by atoms with van der Waals surface area (Å²) >= 11 is 1.83. The molecule has 1 saturated heterocycles. The van der Waals surface area contributed by atoms with Gasteiger partial charge in [-0.1, -0.05) is 12.1 Å². The van der Waals surface area contributed by atoms with E-state index in [9.17, 15) is 0 Å². The fourth-order valence-electron chi connectivity index (χ4n) is 5.67. The number of nitrogens with zero attached hydrogens (tertiary/aromatic N) is 4. The minimum absolute atomic E-state index is 0.557. The van der Waals surface area contributed by atoms with Crippen molar-refractivity contribution in [3.8, 4) is 21.9 Å². The number of piperidine rings is 1. The van der Waals surface area contributed by atoms with Gasteiger partial charge < -0.3 is 18.9 Å². The minimum atomic E-state index is 0.557. The smallest absolute Gasteiger partial charge is 0.165 e. The normalized spacial score (nSPS) is 18.9. The zero-order valence-electron chi connectivity index (χ0n) is 22.1. The first-order valence-corrected chi connectivity index (χ1v) is 14.2. The Morgan fingerprint density at radius 3 is 2.81 bits per heavy atom. The molecule has 0 N–H and O–H groups in total. The maximum atomic E-state index is 6.55. The first kappa shape index (κ1) is 24.5. The van der Waals surface area contributed by atoms with E-state index in [1.165, 1.54) is 45.8 Å². The van der Waals surface area contributed by atoms with Crippen LogP contribution in [0.5, 0.6) is 11.5 Å². The zero-order chi connectivity index (χ0) is 25.4. The predicted octanol–water partition coefficient (Wildman–Crippen LogP) is 5.73. The third kappa shape index (κ3) is 5.26. The highest BCUT2D eigenvalue weighted by atomic mass is 32.1. The lowest BCUT2D eigenvalue weighted by Gasteiger charge is -2.29. The fraction of sp³-hybridized carbons (Fsp3) is 0.433. The summed E-state index contributed by atoms with van der Waals surface area (Å²) in [5, 5.41) is 0. The topological polar surface area (TPSA) is 42.8 Å². The lowest BCUT2D eigenvalue weighted by atomic mass is 9.99. The molecule has 37 heavy (non-hydrogen) atoms. The molecule has 7 heteroatoms. The Morgan fingerprint density at radius 2 is 2.00 bits per heavy atom. The second-order valence-corrected chi connectivity index (χ2v) is 11.9. The highest BCUT2D eigenvalue weighted by molar-refractivity contribution is 7.15. The molecule has 0 amide bonds. The molecule has 4 aromatic rings. The highest BCUT2D eigenvalue weighted by Crippen LogP contribution is 2.41. The van der Waals surface area contributed by atoms with E-state index in [2.05, 4.69) is 83.9 Å². The summed E-state index contributed by atoms with van der Waals surface area (Å²) in [6, 6.07) is 17.3. The molecule has 2 aliphatic rings. The summed E-state index contributed by atoms with van der Waals surface area (Å²) in [5.74, 6) is 3.43. The number of hydrogen-bond acceptors (Lipinski definition) is 6. The van der Waals surface area contributed by atoms with Gasteiger partial charge in [-0.3, -0.25) is 4.90 Å². The first-order chi connectivity index (χ1) is 18.0. The molecule has 0 aliphatic carbocycles. The van der Waals surface area contributed by atoms with Gasteiger partial charge in [0.15, 0.2) is 11.5 Å². The number of hydrogen-bond donors (Lipinski definition) is 0. The van der Waals surface area contributed by atoms with Crippen LogP contribution in [-0.4, -0.2) is 59.2 Å². The van der Waals surface area contributed by atoms with E-state index in [0.717, 1.165) is 55.6 Å². The molecule has 1 fully saturated rings. The van der Waals surface area contributed by atoms with E-state index >= 15 is 0 Å². The quantitative estimate of drug-likeness (QED) is 0.328. The van der Waals surface area contributed by atoms with Crippen molar-refractivity contribution >= 4 is 22.4 Å². The number of likely N-dealkylation sites (tertiary alicyclic amines) is 1. The summed E-state index contributed by atoms with van der Waals surface area (Å²) in [7, 11) is 4.32. The summed E-state index contributed by atoms with van der Waals surface area (Å²) in [6.07, 6.45) is 2.47. The molecule has 0 spiro atoms. The number of thiophene rings is 1. The zero-order valence-corrected chi connectivity index (χ0v) is 22.9. The van der Waals surface area contributed by atoms with E-state index in [1.807, 2.05) is 11.3 Å². The molecule has 2 aliphatic heterocycles. The SMILES string of the molecule is Cc1ccc(-c2cc3c(c(OC[C@H]4CCCN(C)C4)c2)OCCN(Cc2nc4ccccc4n2C)C3)s1. The highest BCUT2D eigenvalue weighted by Gasteiger charge is 2.24. The molecule has 1 atom stereocenters. The Hall–Kier alpha value is -2.87. The lowest BCUT2D eigenvalue weighted by Crippen LogP contribution is -2.34. The van der Waals surface area contributed by atoms with Gasteiger partial charge in [0, 0.05) is 47.9 Å². The monoisotopic (exact) mass is 516 g/mol. The average molecular weight is 517 g/mol. The molecule has 2 aromatic carbocycles. The van der Waals surface area contributed by atoms with Crippen LogP contribution in [0.2, 0.25) is 0 Å². The van der Waals surface area contributed by atoms with E-state index in [4.69, 9.17) is 14.5 Å². The largest absolute Gasteiger partial charge is 0.489 e. The molecule has 6 nitrogen and oxygen atoms in total. The van der Waals surface area contributed by atoms with Crippen molar-refractivity contribution in [2.24, 2.45) is 13.0 Å². The van der Waals surface area contributed by atoms with Crippen LogP contribution in [0.1, 0.15) is 29.1 Å². The van der Waals surface area contributed by atoms with Gasteiger partial charge in [-0.15, -0.1) is 11.3 Å². The number of aryl methyl sites for hydroxylation is 2. The number of para-hydroxylation sites is 2. The lowest BCUT2D eigenvalue weighted by molar-refractivity contribution is 0.146. The van der Waals surface area contributed by atoms with Crippen LogP contribution in [-0.2, 0) is 20.1 Å². The number of ether oxygens (including phenoxy) is 2. The van der Waals surface area contributed by atoms with Gasteiger partial charge in [-0.25, -0.2) is 4.98 Å². The fourth-order valence-corrected chi connectivity index (χ4v) is 6.52. The van der Waals surface area contributed by atoms with Gasteiger partial charge in [0.25, 0.3) is 0 Å². The van der Waals surface area contributed by atoms with Gasteiger partial charge in [0.2, 0.25) is 0 Å². The molecule has 0 radical (unpaired) electrons. The van der Waals surface area contributed by atoms with E-state index in [1.54, 1.807) is 0 Å². The number of rotatable bonds is 6. The van der Waals surface area contributed by atoms with Gasteiger partial charge in [0.1, 0.15) is 12.4 Å². The molecule has 0 saturated carbocycles. The molecule has 2 aromatic heterocycles. The molecule has 194 valence electrons. The molecule has 4 heterocycles. The first-order valence-electron chi connectivity index (χ1n) is 13.3. The van der Waals surface area contributed by atoms with Crippen molar-refractivity contribution in [2.45, 2.75) is 32.9 Å². The van der Waals surface area contributed by atoms with Crippen LogP contribution >= 0.6 is 11.3 Å². The van der Waals surface area contributed by atoms with Crippen LogP contribution in [0.25, 0.3) is 21.5 Å². The van der Waals surface area contributed by atoms with Crippen LogP contribution < -0.4 is 9.47 Å². The summed E-state index contributed by atoms with van der Waals surface area (Å²) in [4.78, 5) is 12.4. The Labute approximate surface area is 223 Å². The Balaban J connectivity index is 1.29. The minimum Gasteiger partial charge on any atom is -0.489 e. The number of aromatic nitrogens is 2. The molecule has 0 bridgehead atoms. The van der Waals surface area contributed by atoms with Crippen molar-refractivity contribution in [1.29, 1.82) is 0 Å². The van der Waals surface area contributed by atoms with Crippen LogP contribution in [0.15, 0.2) is 48.5 Å². The van der Waals surface area contributed by atoms with Gasteiger partial charge in [-0.05, 0) is 75.3 Å². The maximum absolute atomic E-state index is 6.55. The second kappa shape index (κ2) is 10.5. The molecular weight excluding hydrogens is 480 g/mol. The molecular formula is C30H36N4O2S. The second-order valence-electron chi connectivity index (χ2n) is 10.6. The van der Waals surface area contributed by atoms with E-state index in [-0.39, 0.29) is 0 Å². The third-order valence-electron chi connectivity index (χ3n) is 7.65. The van der Waals surface area contributed by atoms with Crippen molar-refractivity contribution in [3.63, 3.8) is 0 Å². The van der Waals surface area contributed by atoms with E-state index in [0.29, 0.717) is 12.5 Å². The molecule has 6 rings (SSSR count). The predicted molar refractivity (Wildman–Crippen MR) is 151 cm³/mol. The Morgan fingerprint density at radius 1 is 1.11 bits per heavy atom. The van der Waals surface area contributed by atoms with Crippen LogP contribution in [0.4, 0.5) is 0 Å². The Bertz CT molecular complexity index is 1390. The summed E-state index contributed by atoms with van der Waals surface area (Å²) in [6.45, 7) is 8.24. The Kier molecular flexibility index (Phi) is 6.93. The standard InChI is InChI=1S/C30H36N4O2S/c1-21-10-11-28(37-21)23-15-24-18-34(19-29-31-25-8-4-5-9-26(25)33(29)3)13-14-35-30(24)27(16-23)36-20-22-7-6-12-32(2)17-22/h4-5,8-11,15-16,22H,6-7,12-14,17-20H2,1-3H3/t22-/m0/s1. The number of fused-ring (bicyclic) bond motifs is 2. The average Bonchev–Trinajstić information content (AvgIpc) is 3.39. The maximum Gasteiger partial charge on any atom is 0.165 e. The van der Waals surface area contributed by atoms with Gasteiger partial charge in [0.05, 0.1) is 24.2 Å². The van der Waals surface area contributed by atoms with Gasteiger partial charge >= 0.3 is 0 Å². The van der Waals surface area contributed by atoms with E-state index < -0.39 is 0 Å². The summed E-state index contributed by atoms with van der Waals surface area (Å²) in [5.41, 5.74) is 4.62. The molecule has 0 unspecified atom stereocenters.